The zero-order valence-electron chi connectivity index (χ0n) is 38.6. The maximum Gasteiger partial charge on any atom is 0.410 e. The molecule has 1 aromatic heterocycles. The lowest BCUT2D eigenvalue weighted by Gasteiger charge is -2.45. The summed E-state index contributed by atoms with van der Waals surface area (Å²) in [5, 5.41) is 26.1. The number of carbonyl (C=O) groups is 4. The fraction of sp³-hybridized carbons (Fsp3) is 0.689. The van der Waals surface area contributed by atoms with Gasteiger partial charge < -0.3 is 55.6 Å². The van der Waals surface area contributed by atoms with Crippen LogP contribution in [0.5, 0.6) is 0 Å². The third kappa shape index (κ3) is 11.8. The van der Waals surface area contributed by atoms with Gasteiger partial charge in [0.1, 0.15) is 30.4 Å². The Balaban J connectivity index is 1.35. The number of aryl methyl sites for hydroxylation is 1. The highest BCUT2D eigenvalue weighted by Gasteiger charge is 2.58. The minimum atomic E-state index is -1.32. The third-order valence-corrected chi connectivity index (χ3v) is 12.9. The van der Waals surface area contributed by atoms with Gasteiger partial charge in [0, 0.05) is 56.0 Å². The van der Waals surface area contributed by atoms with Crippen molar-refractivity contribution in [2.24, 2.45) is 23.5 Å². The first kappa shape index (κ1) is 50.3. The van der Waals surface area contributed by atoms with Crippen LogP contribution < -0.4 is 22.1 Å². The van der Waals surface area contributed by atoms with Gasteiger partial charge in [0.25, 0.3) is 0 Å². The van der Waals surface area contributed by atoms with Crippen LogP contribution in [0.25, 0.3) is 11.3 Å². The number of nitrogens with two attached hydrogens (primary N) is 2. The second kappa shape index (κ2) is 22.0. The quantitative estimate of drug-likeness (QED) is 0.0454. The van der Waals surface area contributed by atoms with Crippen molar-refractivity contribution in [2.75, 3.05) is 39.1 Å². The molecular weight excluding hydrogens is 829 g/mol. The van der Waals surface area contributed by atoms with E-state index >= 15 is 0 Å². The van der Waals surface area contributed by atoms with E-state index in [4.69, 9.17) is 39.9 Å². The number of alkyl carbamates (subject to hydrolysis) is 1. The molecule has 3 fully saturated rings. The highest BCUT2D eigenvalue weighted by atomic mass is 16.7. The van der Waals surface area contributed by atoms with Crippen molar-refractivity contribution in [1.29, 1.82) is 0 Å². The van der Waals surface area contributed by atoms with E-state index in [9.17, 15) is 24.3 Å². The average molecular weight is 899 g/mol. The molecule has 3 saturated heterocycles. The van der Waals surface area contributed by atoms with Gasteiger partial charge in [-0.25, -0.2) is 9.59 Å². The van der Waals surface area contributed by atoms with Crippen LogP contribution in [0.4, 0.5) is 15.3 Å². The van der Waals surface area contributed by atoms with E-state index in [2.05, 4.69) is 27.5 Å². The summed E-state index contributed by atoms with van der Waals surface area (Å²) >= 11 is 0. The summed E-state index contributed by atoms with van der Waals surface area (Å²) in [4.78, 5) is 56.2. The van der Waals surface area contributed by atoms with Crippen LogP contribution in [0.1, 0.15) is 80.6 Å². The molecule has 2 aromatic rings. The Morgan fingerprint density at radius 3 is 2.58 bits per heavy atom. The maximum atomic E-state index is 14.4. The van der Waals surface area contributed by atoms with Gasteiger partial charge in [-0.1, -0.05) is 50.8 Å². The number of aliphatic hydroxyl groups is 1. The number of Topliss-reactive ketones (excluding diaryl/α,β-unsaturated/α-hetero) is 1. The Kier molecular flexibility index (Phi) is 17.3. The van der Waals surface area contributed by atoms with Crippen molar-refractivity contribution in [2.45, 2.75) is 147 Å². The predicted octanol–water partition coefficient (Wildman–Crippen LogP) is 3.57. The number of nitrogens with one attached hydrogen (secondary N) is 2. The van der Waals surface area contributed by atoms with E-state index in [1.807, 2.05) is 58.2 Å². The summed E-state index contributed by atoms with van der Waals surface area (Å²) in [6.45, 7) is 17.6. The van der Waals surface area contributed by atoms with Crippen LogP contribution in [-0.4, -0.2) is 142 Å². The number of aliphatic hydroxyl groups excluding tert-OH is 1. The van der Waals surface area contributed by atoms with E-state index in [0.29, 0.717) is 56.7 Å². The van der Waals surface area contributed by atoms with Crippen LogP contribution in [0.2, 0.25) is 0 Å². The number of hydrogen-bond donors (Lipinski definition) is 5. The summed E-state index contributed by atoms with van der Waals surface area (Å²) in [6, 6.07) is 5.74. The lowest BCUT2D eigenvalue weighted by atomic mass is 9.78. The predicted molar refractivity (Wildman–Crippen MR) is 236 cm³/mol. The Hall–Kier alpha value is -4.66. The number of rotatable bonds is 14. The van der Waals surface area contributed by atoms with Crippen molar-refractivity contribution in [3.63, 3.8) is 0 Å². The number of hydrogen-bond acceptors (Lipinski definition) is 16. The van der Waals surface area contributed by atoms with E-state index < -0.39 is 89.8 Å². The van der Waals surface area contributed by atoms with Gasteiger partial charge in [-0.3, -0.25) is 19.2 Å². The summed E-state index contributed by atoms with van der Waals surface area (Å²) in [5.74, 6) is -3.62. The second-order valence-electron chi connectivity index (χ2n) is 18.0. The molecule has 356 valence electrons. The minimum Gasteiger partial charge on any atom is -0.458 e. The number of nitrogens with zero attached hydrogens (tertiary/aromatic N) is 4. The molecule has 0 spiro atoms. The summed E-state index contributed by atoms with van der Waals surface area (Å²) in [6.07, 6.45) is -0.955. The van der Waals surface area contributed by atoms with Crippen molar-refractivity contribution in [1.82, 2.24) is 30.5 Å². The molecule has 3 aliphatic rings. The van der Waals surface area contributed by atoms with Gasteiger partial charge >= 0.3 is 18.2 Å². The molecule has 7 N–H and O–H groups in total. The molecule has 1 aromatic carbocycles. The van der Waals surface area contributed by atoms with Crippen molar-refractivity contribution >= 4 is 29.6 Å². The molecule has 2 amide bonds. The molecule has 0 bridgehead atoms. The first-order valence-electron chi connectivity index (χ1n) is 22.4. The van der Waals surface area contributed by atoms with Crippen LogP contribution >= 0.6 is 0 Å². The fourth-order valence-electron chi connectivity index (χ4n) is 9.40. The normalized spacial score (nSPS) is 34.2. The van der Waals surface area contributed by atoms with E-state index in [-0.39, 0.29) is 31.5 Å². The molecule has 19 nitrogen and oxygen atoms in total. The molecule has 0 saturated carbocycles. The molecule has 19 heteroatoms. The van der Waals surface area contributed by atoms with E-state index in [0.717, 1.165) is 5.56 Å². The number of ether oxygens (including phenoxy) is 6. The first-order chi connectivity index (χ1) is 30.3. The van der Waals surface area contributed by atoms with Crippen molar-refractivity contribution < 1.29 is 52.7 Å². The SMILES string of the molecule is C=CCOC(=O)NC[C@@H]1C[C@H](N)[C@@H](O)C(O[C@@H]2[C@H](C)C(=O)[C@@H](C)C(=O)O[C@H](CC)[C@@]3(C)OC(=O)N(CCCCn4cc(-c5cccc(N)c5)nn4)[C@@H]3[C@@H](C)NC[C@H](C)C[C@@]2(C)OC)O1. The Bertz CT molecular complexity index is 1920. The highest BCUT2D eigenvalue weighted by molar-refractivity contribution is 6.00. The standard InChI is InChI=1S/C45H70N8O11/c1-10-19-60-42(57)49-24-32-21-33(47)37(55)41(61-32)63-39-27(4)36(54)28(5)40(56)62-35(11-2)45(8)38(29(6)48-23-26(3)22-44(39,7)59-9)53(43(58)64-45)18-13-12-17-52-25-34(50-51-52)30-15-14-16-31(46)20-30/h10,14-16,20,25-29,32-33,35,37-39,41,48,55H,1,11-13,17-19,21-24,46-47H2,2-9H3,(H,49,57)/t26-,27-,28-,29-,32+,33+,35-,37-,38-,39-,41?,44-,45-/m1/s1. The molecule has 0 aliphatic carbocycles. The summed E-state index contributed by atoms with van der Waals surface area (Å²) in [5.41, 5.74) is 12.1. The molecule has 4 heterocycles. The van der Waals surface area contributed by atoms with Crippen molar-refractivity contribution in [3.8, 4) is 11.3 Å². The lowest BCUT2D eigenvalue weighted by Crippen LogP contribution is -2.61. The van der Waals surface area contributed by atoms with Crippen LogP contribution in [0.15, 0.2) is 43.1 Å². The molecule has 1 unspecified atom stereocenters. The molecular formula is C45H70N8O11. The van der Waals surface area contributed by atoms with Crippen molar-refractivity contribution in [3.05, 3.63) is 43.1 Å². The number of benzene rings is 1. The number of ketones is 1. The van der Waals surface area contributed by atoms with Crippen LogP contribution in [0, 0.1) is 17.8 Å². The van der Waals surface area contributed by atoms with Gasteiger partial charge in [0.05, 0.1) is 30.0 Å². The highest BCUT2D eigenvalue weighted by Crippen LogP contribution is 2.40. The zero-order valence-corrected chi connectivity index (χ0v) is 38.6. The smallest absolute Gasteiger partial charge is 0.410 e. The largest absolute Gasteiger partial charge is 0.458 e. The first-order valence-corrected chi connectivity index (χ1v) is 22.4. The number of nitrogen functional groups attached to an aromatic ring is 1. The number of amides is 2. The topological polar surface area (TPSA) is 254 Å². The van der Waals surface area contributed by atoms with E-state index in [1.165, 1.54) is 20.1 Å². The molecule has 64 heavy (non-hydrogen) atoms. The Labute approximate surface area is 376 Å². The van der Waals surface area contributed by atoms with Gasteiger partial charge in [0.15, 0.2) is 17.7 Å². The monoisotopic (exact) mass is 899 g/mol. The maximum absolute atomic E-state index is 14.4. The average Bonchev–Trinajstić information content (AvgIpc) is 3.85. The van der Waals surface area contributed by atoms with Gasteiger partial charge in [0.2, 0.25) is 0 Å². The number of unbranched alkanes of at least 4 members (excludes halogenated alkanes) is 1. The molecule has 5 rings (SSSR count). The number of anilines is 1. The zero-order chi connectivity index (χ0) is 46.9. The van der Waals surface area contributed by atoms with Gasteiger partial charge in [-0.2, -0.15) is 0 Å². The van der Waals surface area contributed by atoms with Crippen LogP contribution in [0.3, 0.4) is 0 Å². The number of aromatic nitrogens is 3. The molecule has 0 radical (unpaired) electrons. The summed E-state index contributed by atoms with van der Waals surface area (Å²) in [7, 11) is 1.52. The van der Waals surface area contributed by atoms with Crippen LogP contribution in [-0.2, 0) is 44.6 Å². The Morgan fingerprint density at radius 2 is 1.89 bits per heavy atom. The number of methoxy groups -OCH3 is 1. The number of fused-ring (bicyclic) bond motifs is 1. The molecule has 13 atom stereocenters. The van der Waals surface area contributed by atoms with Gasteiger partial charge in [-0.05, 0) is 84.4 Å². The van der Waals surface area contributed by atoms with E-state index in [1.54, 1.807) is 23.4 Å². The lowest BCUT2D eigenvalue weighted by molar-refractivity contribution is -0.290. The minimum absolute atomic E-state index is 0.0153. The number of cyclic esters (lactones) is 1. The second-order valence-corrected chi connectivity index (χ2v) is 18.0. The Morgan fingerprint density at radius 1 is 1.16 bits per heavy atom. The third-order valence-electron chi connectivity index (χ3n) is 12.9. The number of carbonyl (C=O) groups excluding carboxylic acids is 4. The molecule has 3 aliphatic heterocycles. The summed E-state index contributed by atoms with van der Waals surface area (Å²) < 4.78 is 38.1. The van der Waals surface area contributed by atoms with Gasteiger partial charge in [-0.15, -0.1) is 5.10 Å². The number of esters is 1. The fourth-order valence-corrected chi connectivity index (χ4v) is 9.40.